The number of pyridine rings is 1. The average molecular weight is 227 g/mol. The van der Waals surface area contributed by atoms with E-state index in [2.05, 4.69) is 4.98 Å². The van der Waals surface area contributed by atoms with E-state index < -0.39 is 30.3 Å². The number of aliphatic hydroxyl groups excluding tert-OH is 1. The first-order valence-corrected chi connectivity index (χ1v) is 3.81. The summed E-state index contributed by atoms with van der Waals surface area (Å²) >= 11 is 0. The lowest BCUT2D eigenvalue weighted by Crippen LogP contribution is -2.11. The fourth-order valence-corrected chi connectivity index (χ4v) is 1.02. The molecule has 1 N–H and O–H groups in total. The molecule has 0 bridgehead atoms. The Balaban J connectivity index is 3.28. The van der Waals surface area contributed by atoms with Gasteiger partial charge in [0.15, 0.2) is 0 Å². The van der Waals surface area contributed by atoms with Crippen molar-refractivity contribution in [3.63, 3.8) is 0 Å². The van der Waals surface area contributed by atoms with Crippen molar-refractivity contribution in [1.82, 2.24) is 4.98 Å². The quantitative estimate of drug-likeness (QED) is 0.787. The molecular formula is C8H6F5NO. The lowest BCUT2D eigenvalue weighted by molar-refractivity contribution is -0.139. The van der Waals surface area contributed by atoms with Gasteiger partial charge in [-0.05, 0) is 6.07 Å². The molecule has 0 aliphatic carbocycles. The summed E-state index contributed by atoms with van der Waals surface area (Å²) in [4.78, 5) is 3.20. The van der Waals surface area contributed by atoms with Crippen LogP contribution in [0, 0.1) is 0 Å². The molecule has 1 rings (SSSR count). The number of rotatable bonds is 2. The first kappa shape index (κ1) is 11.8. The first-order valence-electron chi connectivity index (χ1n) is 3.81. The number of aliphatic hydroxyl groups is 1. The van der Waals surface area contributed by atoms with Gasteiger partial charge in [0.1, 0.15) is 0 Å². The summed E-state index contributed by atoms with van der Waals surface area (Å²) in [7, 11) is 0. The molecule has 7 heteroatoms. The molecule has 0 amide bonds. The summed E-state index contributed by atoms with van der Waals surface area (Å²) in [6.45, 7) is -0.683. The van der Waals surface area contributed by atoms with E-state index in [0.717, 1.165) is 0 Å². The number of hydrogen-bond acceptors (Lipinski definition) is 2. The standard InChI is InChI=1S/C8H6F5NO/c9-7(10)5-1-4(3-15)14-2-6(5)8(11,12)13/h1-2,7,15H,3H2. The highest BCUT2D eigenvalue weighted by Gasteiger charge is 2.36. The molecule has 0 unspecified atom stereocenters. The van der Waals surface area contributed by atoms with Crippen molar-refractivity contribution in [2.75, 3.05) is 0 Å². The van der Waals surface area contributed by atoms with Gasteiger partial charge in [0.25, 0.3) is 6.43 Å². The van der Waals surface area contributed by atoms with Crippen molar-refractivity contribution in [1.29, 1.82) is 0 Å². The van der Waals surface area contributed by atoms with Crippen LogP contribution in [0.3, 0.4) is 0 Å². The SMILES string of the molecule is OCc1cc(C(F)F)c(C(F)(F)F)cn1. The van der Waals surface area contributed by atoms with Gasteiger partial charge in [0.2, 0.25) is 0 Å². The van der Waals surface area contributed by atoms with Crippen LogP contribution in [0.2, 0.25) is 0 Å². The van der Waals surface area contributed by atoms with Gasteiger partial charge in [0.05, 0.1) is 17.9 Å². The van der Waals surface area contributed by atoms with Gasteiger partial charge in [-0.25, -0.2) is 8.78 Å². The Bertz CT molecular complexity index is 349. The van der Waals surface area contributed by atoms with Gasteiger partial charge in [-0.15, -0.1) is 0 Å². The van der Waals surface area contributed by atoms with Crippen LogP contribution in [0.5, 0.6) is 0 Å². The van der Waals surface area contributed by atoms with E-state index in [-0.39, 0.29) is 5.69 Å². The smallest absolute Gasteiger partial charge is 0.390 e. The van der Waals surface area contributed by atoms with E-state index >= 15 is 0 Å². The molecule has 1 heterocycles. The zero-order valence-corrected chi connectivity index (χ0v) is 7.22. The Hall–Kier alpha value is -1.24. The van der Waals surface area contributed by atoms with E-state index in [1.165, 1.54) is 0 Å². The van der Waals surface area contributed by atoms with Gasteiger partial charge < -0.3 is 5.11 Å². The number of aromatic nitrogens is 1. The third kappa shape index (κ3) is 2.62. The van der Waals surface area contributed by atoms with Gasteiger partial charge >= 0.3 is 6.18 Å². The minimum absolute atomic E-state index is 0.224. The Labute approximate surface area is 81.4 Å². The van der Waals surface area contributed by atoms with Crippen LogP contribution >= 0.6 is 0 Å². The van der Waals surface area contributed by atoms with Crippen molar-refractivity contribution < 1.29 is 27.1 Å². The molecule has 0 atom stereocenters. The second-order valence-electron chi connectivity index (χ2n) is 2.72. The number of nitrogens with zero attached hydrogens (tertiary/aromatic N) is 1. The molecule has 0 radical (unpaired) electrons. The molecule has 2 nitrogen and oxygen atoms in total. The topological polar surface area (TPSA) is 33.1 Å². The summed E-state index contributed by atoms with van der Waals surface area (Å²) in [5.41, 5.74) is -2.87. The Kier molecular flexibility index (Phi) is 3.23. The van der Waals surface area contributed by atoms with Crippen molar-refractivity contribution >= 4 is 0 Å². The molecule has 0 aliphatic rings. The van der Waals surface area contributed by atoms with Crippen molar-refractivity contribution in [2.24, 2.45) is 0 Å². The molecule has 15 heavy (non-hydrogen) atoms. The van der Waals surface area contributed by atoms with Crippen LogP contribution in [0.15, 0.2) is 12.3 Å². The van der Waals surface area contributed by atoms with Gasteiger partial charge in [-0.3, -0.25) is 4.98 Å². The monoisotopic (exact) mass is 227 g/mol. The highest BCUT2D eigenvalue weighted by molar-refractivity contribution is 5.30. The molecular weight excluding hydrogens is 221 g/mol. The minimum atomic E-state index is -4.87. The number of halogens is 5. The summed E-state index contributed by atoms with van der Waals surface area (Å²) in [5, 5.41) is 8.55. The van der Waals surface area contributed by atoms with Crippen LogP contribution in [0.25, 0.3) is 0 Å². The van der Waals surface area contributed by atoms with Crippen LogP contribution in [0.1, 0.15) is 23.2 Å². The molecule has 0 spiro atoms. The summed E-state index contributed by atoms with van der Waals surface area (Å²) < 4.78 is 61.2. The zero-order chi connectivity index (χ0) is 11.6. The van der Waals surface area contributed by atoms with Crippen LogP contribution in [-0.4, -0.2) is 10.1 Å². The van der Waals surface area contributed by atoms with Gasteiger partial charge in [-0.2, -0.15) is 13.2 Å². The second-order valence-corrected chi connectivity index (χ2v) is 2.72. The average Bonchev–Trinajstić information content (AvgIpc) is 2.15. The largest absolute Gasteiger partial charge is 0.418 e. The maximum atomic E-state index is 12.3. The summed E-state index contributed by atoms with van der Waals surface area (Å²) in [6, 6.07) is 0.549. The zero-order valence-electron chi connectivity index (χ0n) is 7.22. The first-order chi connectivity index (χ1) is 6.86. The molecule has 0 saturated heterocycles. The van der Waals surface area contributed by atoms with Gasteiger partial charge in [0, 0.05) is 11.8 Å². The van der Waals surface area contributed by atoms with Crippen molar-refractivity contribution in [2.45, 2.75) is 19.2 Å². The lowest BCUT2D eigenvalue weighted by atomic mass is 10.1. The van der Waals surface area contributed by atoms with Crippen molar-refractivity contribution in [3.8, 4) is 0 Å². The Morgan fingerprint density at radius 1 is 1.33 bits per heavy atom. The van der Waals surface area contributed by atoms with Crippen molar-refractivity contribution in [3.05, 3.63) is 29.1 Å². The maximum Gasteiger partial charge on any atom is 0.418 e. The van der Waals surface area contributed by atoms with E-state index in [0.29, 0.717) is 12.3 Å². The molecule has 0 fully saturated rings. The lowest BCUT2D eigenvalue weighted by Gasteiger charge is -2.12. The second kappa shape index (κ2) is 4.09. The third-order valence-electron chi connectivity index (χ3n) is 1.70. The Morgan fingerprint density at radius 2 is 1.93 bits per heavy atom. The third-order valence-corrected chi connectivity index (χ3v) is 1.70. The highest BCUT2D eigenvalue weighted by Crippen LogP contribution is 2.35. The molecule has 84 valence electrons. The fourth-order valence-electron chi connectivity index (χ4n) is 1.02. The molecule has 1 aromatic heterocycles. The van der Waals surface area contributed by atoms with Crippen LogP contribution in [-0.2, 0) is 12.8 Å². The van der Waals surface area contributed by atoms with Crippen LogP contribution in [0.4, 0.5) is 22.0 Å². The number of hydrogen-bond donors (Lipinski definition) is 1. The molecule has 0 saturated carbocycles. The molecule has 0 aliphatic heterocycles. The fraction of sp³-hybridized carbons (Fsp3) is 0.375. The van der Waals surface area contributed by atoms with E-state index in [9.17, 15) is 22.0 Å². The highest BCUT2D eigenvalue weighted by atomic mass is 19.4. The number of alkyl halides is 5. The summed E-state index contributed by atoms with van der Waals surface area (Å²) in [5.74, 6) is 0. The van der Waals surface area contributed by atoms with Crippen LogP contribution < -0.4 is 0 Å². The molecule has 1 aromatic rings. The summed E-state index contributed by atoms with van der Waals surface area (Å²) in [6.07, 6.45) is -7.82. The van der Waals surface area contributed by atoms with E-state index in [1.54, 1.807) is 0 Å². The van der Waals surface area contributed by atoms with Gasteiger partial charge in [-0.1, -0.05) is 0 Å². The maximum absolute atomic E-state index is 12.3. The van der Waals surface area contributed by atoms with E-state index in [1.807, 2.05) is 0 Å². The molecule has 0 aromatic carbocycles. The Morgan fingerprint density at radius 3 is 2.33 bits per heavy atom. The predicted molar refractivity (Wildman–Crippen MR) is 40.1 cm³/mol. The normalized spacial score (nSPS) is 12.2. The van der Waals surface area contributed by atoms with E-state index in [4.69, 9.17) is 5.11 Å². The predicted octanol–water partition coefficient (Wildman–Crippen LogP) is 2.53. The minimum Gasteiger partial charge on any atom is -0.390 e.